The van der Waals surface area contributed by atoms with Gasteiger partial charge in [-0.05, 0) is 78.6 Å². The highest BCUT2D eigenvalue weighted by atomic mass is 16.7. The van der Waals surface area contributed by atoms with Crippen molar-refractivity contribution >= 4 is 25.6 Å². The van der Waals surface area contributed by atoms with Gasteiger partial charge in [0.25, 0.3) is 0 Å². The molecule has 0 aliphatic carbocycles. The number of hydrogen-bond donors (Lipinski definition) is 1. The Labute approximate surface area is 185 Å². The number of alkyl carbamates (subject to hydrolysis) is 1. The Bertz CT molecular complexity index is 825. The van der Waals surface area contributed by atoms with Crippen molar-refractivity contribution in [2.24, 2.45) is 0 Å². The molecule has 7 nitrogen and oxygen atoms in total. The summed E-state index contributed by atoms with van der Waals surface area (Å²) in [6.07, 6.45) is 2.08. The Morgan fingerprint density at radius 1 is 1.16 bits per heavy atom. The first-order valence-corrected chi connectivity index (χ1v) is 10.5. The minimum atomic E-state index is -0.661. The smallest absolute Gasteiger partial charge is 0.492 e. The Morgan fingerprint density at radius 3 is 2.29 bits per heavy atom. The van der Waals surface area contributed by atoms with Gasteiger partial charge in [0.2, 0.25) is 0 Å². The van der Waals surface area contributed by atoms with E-state index in [0.29, 0.717) is 23.4 Å². The first-order chi connectivity index (χ1) is 14.3. The fourth-order valence-corrected chi connectivity index (χ4v) is 2.94. The number of amides is 1. The van der Waals surface area contributed by atoms with Crippen LogP contribution in [0.2, 0.25) is 0 Å². The van der Waals surface area contributed by atoms with Crippen LogP contribution in [0.1, 0.15) is 71.3 Å². The van der Waals surface area contributed by atoms with E-state index in [1.165, 1.54) is 0 Å². The van der Waals surface area contributed by atoms with Gasteiger partial charge in [-0.3, -0.25) is 4.79 Å². The van der Waals surface area contributed by atoms with Crippen molar-refractivity contribution in [3.05, 3.63) is 34.8 Å². The van der Waals surface area contributed by atoms with Gasteiger partial charge < -0.3 is 24.1 Å². The Morgan fingerprint density at radius 2 is 1.77 bits per heavy atom. The Hall–Kier alpha value is -2.32. The number of hydrogen-bond acceptors (Lipinski definition) is 6. The number of ether oxygens (including phenoxy) is 2. The standard InChI is InChI=1S/C23H34BNO6/c1-9-28-19-11-10-16(12-17(19)15-26)13-18(14-25-20(27)29-21(2,3)4)24-30-22(5,6)23(7,8)31-24/h10-13,15H,9,14H2,1-8H3,(H,25,27). The average Bonchev–Trinajstić information content (AvgIpc) is 2.85. The number of benzene rings is 1. The van der Waals surface area contributed by atoms with Gasteiger partial charge in [0.15, 0.2) is 6.29 Å². The topological polar surface area (TPSA) is 83.1 Å². The molecule has 170 valence electrons. The molecule has 1 aromatic rings. The second kappa shape index (κ2) is 9.45. The normalized spacial score (nSPS) is 17.9. The molecule has 1 heterocycles. The number of aldehydes is 1. The van der Waals surface area contributed by atoms with Gasteiger partial charge in [0.1, 0.15) is 11.4 Å². The van der Waals surface area contributed by atoms with Gasteiger partial charge in [0, 0.05) is 6.54 Å². The highest BCUT2D eigenvalue weighted by Gasteiger charge is 2.52. The number of carbonyl (C=O) groups excluding carboxylic acids is 2. The van der Waals surface area contributed by atoms with Crippen LogP contribution in [0.3, 0.4) is 0 Å². The third-order valence-electron chi connectivity index (χ3n) is 5.20. The fourth-order valence-electron chi connectivity index (χ4n) is 2.94. The van der Waals surface area contributed by atoms with E-state index in [1.807, 2.05) is 46.8 Å². The van der Waals surface area contributed by atoms with Crippen molar-refractivity contribution in [1.82, 2.24) is 5.32 Å². The Balaban J connectivity index is 2.33. The van der Waals surface area contributed by atoms with Gasteiger partial charge in [-0.1, -0.05) is 12.1 Å². The zero-order valence-corrected chi connectivity index (χ0v) is 19.8. The van der Waals surface area contributed by atoms with Crippen LogP contribution in [0.4, 0.5) is 4.79 Å². The first-order valence-electron chi connectivity index (χ1n) is 10.5. The molecule has 0 spiro atoms. The molecule has 2 rings (SSSR count). The number of rotatable bonds is 7. The molecule has 1 N–H and O–H groups in total. The average molecular weight is 431 g/mol. The van der Waals surface area contributed by atoms with E-state index < -0.39 is 30.0 Å². The lowest BCUT2D eigenvalue weighted by Crippen LogP contribution is -2.41. The predicted molar refractivity (Wildman–Crippen MR) is 121 cm³/mol. The van der Waals surface area contributed by atoms with Crippen LogP contribution in [-0.4, -0.2) is 49.5 Å². The van der Waals surface area contributed by atoms with Gasteiger partial charge >= 0.3 is 13.2 Å². The lowest BCUT2D eigenvalue weighted by atomic mass is 9.77. The van der Waals surface area contributed by atoms with Crippen LogP contribution in [0.25, 0.3) is 6.08 Å². The molecular formula is C23H34BNO6. The quantitative estimate of drug-likeness (QED) is 0.508. The number of carbonyl (C=O) groups is 2. The molecule has 1 saturated heterocycles. The summed E-state index contributed by atoms with van der Waals surface area (Å²) >= 11 is 0. The van der Waals surface area contributed by atoms with Gasteiger partial charge in [0.05, 0.1) is 23.4 Å². The highest BCUT2D eigenvalue weighted by molar-refractivity contribution is 6.56. The van der Waals surface area contributed by atoms with Crippen molar-refractivity contribution < 1.29 is 28.4 Å². The maximum Gasteiger partial charge on any atom is 0.492 e. The first kappa shape index (κ1) is 24.9. The molecule has 0 saturated carbocycles. The maximum absolute atomic E-state index is 12.2. The van der Waals surface area contributed by atoms with Crippen molar-refractivity contribution in [3.8, 4) is 5.75 Å². The monoisotopic (exact) mass is 431 g/mol. The summed E-state index contributed by atoms with van der Waals surface area (Å²) in [5, 5.41) is 2.77. The highest BCUT2D eigenvalue weighted by Crippen LogP contribution is 2.38. The predicted octanol–water partition coefficient (Wildman–Crippen LogP) is 4.44. The molecule has 0 aromatic heterocycles. The summed E-state index contributed by atoms with van der Waals surface area (Å²) in [6.45, 7) is 15.8. The second-order valence-electron chi connectivity index (χ2n) is 9.51. The molecule has 1 aliphatic rings. The molecule has 1 amide bonds. The maximum atomic E-state index is 12.2. The summed E-state index contributed by atoms with van der Waals surface area (Å²) in [6, 6.07) is 5.33. The molecular weight excluding hydrogens is 397 g/mol. The zero-order valence-electron chi connectivity index (χ0n) is 19.8. The molecule has 31 heavy (non-hydrogen) atoms. The van der Waals surface area contributed by atoms with E-state index in [-0.39, 0.29) is 6.54 Å². The molecule has 1 fully saturated rings. The van der Waals surface area contributed by atoms with Crippen molar-refractivity contribution in [2.75, 3.05) is 13.2 Å². The molecule has 0 bridgehead atoms. The molecule has 8 heteroatoms. The molecule has 0 unspecified atom stereocenters. The van der Waals surface area contributed by atoms with Gasteiger partial charge in [-0.15, -0.1) is 0 Å². The van der Waals surface area contributed by atoms with E-state index in [4.69, 9.17) is 18.8 Å². The number of nitrogens with one attached hydrogen (secondary N) is 1. The molecule has 0 atom stereocenters. The van der Waals surface area contributed by atoms with Gasteiger partial charge in [-0.2, -0.15) is 0 Å². The van der Waals surface area contributed by atoms with Crippen molar-refractivity contribution in [2.45, 2.75) is 72.2 Å². The summed E-state index contributed by atoms with van der Waals surface area (Å²) in [5.41, 5.74) is 0.243. The van der Waals surface area contributed by atoms with Crippen molar-refractivity contribution in [1.29, 1.82) is 0 Å². The molecule has 1 aromatic carbocycles. The van der Waals surface area contributed by atoms with Gasteiger partial charge in [-0.25, -0.2) is 4.79 Å². The van der Waals surface area contributed by atoms with Crippen LogP contribution in [0, 0.1) is 0 Å². The summed E-state index contributed by atoms with van der Waals surface area (Å²) in [5.74, 6) is 0.527. The minimum absolute atomic E-state index is 0.162. The van der Waals surface area contributed by atoms with E-state index in [0.717, 1.165) is 11.8 Å². The van der Waals surface area contributed by atoms with E-state index in [9.17, 15) is 9.59 Å². The third kappa shape index (κ3) is 6.58. The second-order valence-corrected chi connectivity index (χ2v) is 9.51. The fraction of sp³-hybridized carbons (Fsp3) is 0.565. The Kier molecular flexibility index (Phi) is 7.60. The lowest BCUT2D eigenvalue weighted by Gasteiger charge is -2.32. The minimum Gasteiger partial charge on any atom is -0.493 e. The van der Waals surface area contributed by atoms with E-state index in [1.54, 1.807) is 32.9 Å². The largest absolute Gasteiger partial charge is 0.493 e. The van der Waals surface area contributed by atoms with E-state index >= 15 is 0 Å². The van der Waals surface area contributed by atoms with Crippen LogP contribution >= 0.6 is 0 Å². The van der Waals surface area contributed by atoms with Crippen LogP contribution < -0.4 is 10.1 Å². The summed E-state index contributed by atoms with van der Waals surface area (Å²) in [4.78, 5) is 23.7. The molecule has 0 radical (unpaired) electrons. The SMILES string of the molecule is CCOc1ccc(C=C(CNC(=O)OC(C)(C)C)B2OC(C)(C)C(C)(C)O2)cc1C=O. The van der Waals surface area contributed by atoms with Crippen LogP contribution in [0.5, 0.6) is 5.75 Å². The van der Waals surface area contributed by atoms with E-state index in [2.05, 4.69) is 5.32 Å². The lowest BCUT2D eigenvalue weighted by molar-refractivity contribution is 0.00578. The summed E-state index contributed by atoms with van der Waals surface area (Å²) in [7, 11) is -0.661. The third-order valence-corrected chi connectivity index (χ3v) is 5.20. The zero-order chi connectivity index (χ0) is 23.4. The van der Waals surface area contributed by atoms with Crippen LogP contribution in [-0.2, 0) is 14.0 Å². The van der Waals surface area contributed by atoms with Crippen molar-refractivity contribution in [3.63, 3.8) is 0 Å². The summed E-state index contributed by atoms with van der Waals surface area (Å²) < 4.78 is 23.2. The molecule has 1 aliphatic heterocycles. The van der Waals surface area contributed by atoms with Crippen LogP contribution in [0.15, 0.2) is 23.7 Å².